The van der Waals surface area contributed by atoms with E-state index in [0.717, 1.165) is 29.5 Å². The molecule has 8 heteroatoms. The molecule has 1 atom stereocenters. The van der Waals surface area contributed by atoms with E-state index in [1.807, 2.05) is 26.0 Å². The van der Waals surface area contributed by atoms with Crippen LogP contribution in [0.5, 0.6) is 0 Å². The fourth-order valence-corrected chi connectivity index (χ4v) is 4.09. The van der Waals surface area contributed by atoms with Gasteiger partial charge in [0.2, 0.25) is 0 Å². The summed E-state index contributed by atoms with van der Waals surface area (Å²) in [6.07, 6.45) is 2.68. The molecule has 172 valence electrons. The number of benzene rings is 2. The van der Waals surface area contributed by atoms with Gasteiger partial charge in [0.1, 0.15) is 23.5 Å². The highest BCUT2D eigenvalue weighted by Crippen LogP contribution is 2.31. The Morgan fingerprint density at radius 3 is 2.62 bits per heavy atom. The fourth-order valence-electron chi connectivity index (χ4n) is 4.09. The minimum absolute atomic E-state index is 0.0267. The van der Waals surface area contributed by atoms with Crippen molar-refractivity contribution in [1.29, 1.82) is 5.26 Å². The summed E-state index contributed by atoms with van der Waals surface area (Å²) < 4.78 is 13.9. The van der Waals surface area contributed by atoms with Crippen LogP contribution >= 0.6 is 0 Å². The van der Waals surface area contributed by atoms with Gasteiger partial charge < -0.3 is 10.6 Å². The molecule has 0 spiro atoms. The summed E-state index contributed by atoms with van der Waals surface area (Å²) in [4.78, 5) is 33.4. The van der Waals surface area contributed by atoms with E-state index in [9.17, 15) is 14.0 Å². The van der Waals surface area contributed by atoms with E-state index in [4.69, 9.17) is 5.26 Å². The first-order chi connectivity index (χ1) is 16.4. The number of halogens is 1. The van der Waals surface area contributed by atoms with Crippen LogP contribution in [0.4, 0.5) is 4.39 Å². The number of nitrogens with zero attached hydrogens (tertiary/aromatic N) is 3. The van der Waals surface area contributed by atoms with Crippen molar-refractivity contribution in [2.24, 2.45) is 0 Å². The zero-order chi connectivity index (χ0) is 24.2. The Morgan fingerprint density at radius 1 is 1.12 bits per heavy atom. The lowest BCUT2D eigenvalue weighted by atomic mass is 10.00. The van der Waals surface area contributed by atoms with Crippen molar-refractivity contribution >= 4 is 11.8 Å². The third-order valence-corrected chi connectivity index (χ3v) is 5.92. The molecule has 0 saturated heterocycles. The molecule has 1 aliphatic rings. The van der Waals surface area contributed by atoms with Crippen LogP contribution in [-0.2, 0) is 13.0 Å². The summed E-state index contributed by atoms with van der Waals surface area (Å²) in [5.41, 5.74) is 4.14. The molecule has 1 aromatic heterocycles. The molecule has 2 N–H and O–H groups in total. The minimum atomic E-state index is -0.456. The van der Waals surface area contributed by atoms with Crippen LogP contribution in [0.25, 0.3) is 0 Å². The van der Waals surface area contributed by atoms with E-state index in [2.05, 4.69) is 26.7 Å². The van der Waals surface area contributed by atoms with E-state index < -0.39 is 11.8 Å². The highest BCUT2D eigenvalue weighted by atomic mass is 19.1. The summed E-state index contributed by atoms with van der Waals surface area (Å²) in [7, 11) is 0. The van der Waals surface area contributed by atoms with Gasteiger partial charge >= 0.3 is 0 Å². The number of rotatable bonds is 6. The Balaban J connectivity index is 1.41. The van der Waals surface area contributed by atoms with E-state index in [1.165, 1.54) is 18.5 Å². The molecule has 0 aliphatic heterocycles. The maximum Gasteiger partial charge on any atom is 0.270 e. The van der Waals surface area contributed by atoms with Gasteiger partial charge in [-0.2, -0.15) is 5.26 Å². The maximum atomic E-state index is 13.9. The van der Waals surface area contributed by atoms with Gasteiger partial charge in [0, 0.05) is 12.6 Å². The normalized spacial score (nSPS) is 14.4. The molecule has 2 amide bonds. The van der Waals surface area contributed by atoms with Crippen LogP contribution in [0.3, 0.4) is 0 Å². The van der Waals surface area contributed by atoms with E-state index in [1.54, 1.807) is 18.2 Å². The van der Waals surface area contributed by atoms with Gasteiger partial charge in [0.25, 0.3) is 11.8 Å². The molecule has 0 fully saturated rings. The number of carbonyl (C=O) groups excluding carboxylic acids is 2. The second-order valence-electron chi connectivity index (χ2n) is 8.57. The minimum Gasteiger partial charge on any atom is -0.347 e. The molecule has 0 saturated carbocycles. The Hall–Kier alpha value is -4.12. The first-order valence-corrected chi connectivity index (χ1v) is 11.1. The number of aryl methyl sites for hydroxylation is 1. The summed E-state index contributed by atoms with van der Waals surface area (Å²) in [5.74, 6) is -1.10. The molecule has 3 aromatic rings. The molecule has 0 bridgehead atoms. The number of fused-ring (bicyclic) bond motifs is 1. The van der Waals surface area contributed by atoms with Crippen molar-refractivity contribution in [1.82, 2.24) is 20.6 Å². The Kier molecular flexibility index (Phi) is 6.64. The van der Waals surface area contributed by atoms with Crippen molar-refractivity contribution in [3.8, 4) is 6.07 Å². The summed E-state index contributed by atoms with van der Waals surface area (Å²) in [5, 5.41) is 14.8. The smallest absolute Gasteiger partial charge is 0.270 e. The molecular weight excluding hydrogens is 433 g/mol. The van der Waals surface area contributed by atoms with Crippen molar-refractivity contribution < 1.29 is 14.0 Å². The van der Waals surface area contributed by atoms with Crippen molar-refractivity contribution in [2.75, 3.05) is 0 Å². The van der Waals surface area contributed by atoms with Gasteiger partial charge in [-0.1, -0.05) is 32.0 Å². The maximum absolute atomic E-state index is 13.9. The summed E-state index contributed by atoms with van der Waals surface area (Å²) in [6, 6.07) is 13.5. The van der Waals surface area contributed by atoms with Crippen molar-refractivity contribution in [3.63, 3.8) is 0 Å². The molecule has 1 heterocycles. The zero-order valence-corrected chi connectivity index (χ0v) is 18.9. The average Bonchev–Trinajstić information content (AvgIpc) is 3.24. The van der Waals surface area contributed by atoms with Crippen LogP contribution in [-0.4, -0.2) is 21.8 Å². The molecule has 34 heavy (non-hydrogen) atoms. The highest BCUT2D eigenvalue weighted by molar-refractivity contribution is 5.97. The predicted molar refractivity (Wildman–Crippen MR) is 123 cm³/mol. The topological polar surface area (TPSA) is 108 Å². The van der Waals surface area contributed by atoms with E-state index in [0.29, 0.717) is 11.1 Å². The highest BCUT2D eigenvalue weighted by Gasteiger charge is 2.25. The van der Waals surface area contributed by atoms with Gasteiger partial charge in [0.15, 0.2) is 0 Å². The fraction of sp³-hybridized carbons (Fsp3) is 0.269. The molecular formula is C26H24FN5O2. The molecule has 0 unspecified atom stereocenters. The van der Waals surface area contributed by atoms with Crippen LogP contribution in [0.2, 0.25) is 0 Å². The van der Waals surface area contributed by atoms with Gasteiger partial charge in [0.05, 0.1) is 17.7 Å². The number of nitriles is 1. The number of hydrogen-bond donors (Lipinski definition) is 2. The van der Waals surface area contributed by atoms with Crippen LogP contribution in [0, 0.1) is 17.1 Å². The van der Waals surface area contributed by atoms with E-state index >= 15 is 0 Å². The van der Waals surface area contributed by atoms with Crippen molar-refractivity contribution in [2.45, 2.75) is 45.2 Å². The zero-order valence-electron chi connectivity index (χ0n) is 18.9. The Morgan fingerprint density at radius 2 is 1.88 bits per heavy atom. The monoisotopic (exact) mass is 457 g/mol. The second kappa shape index (κ2) is 9.79. The number of nitrogens with one attached hydrogen (secondary N) is 2. The van der Waals surface area contributed by atoms with Gasteiger partial charge in [-0.25, -0.2) is 14.4 Å². The van der Waals surface area contributed by atoms with Gasteiger partial charge in [-0.15, -0.1) is 0 Å². The molecule has 2 aromatic carbocycles. The molecule has 1 aliphatic carbocycles. The number of carbonyl (C=O) groups is 2. The molecule has 4 rings (SSSR count). The van der Waals surface area contributed by atoms with Crippen LogP contribution in [0.15, 0.2) is 48.8 Å². The number of aromatic nitrogens is 2. The predicted octanol–water partition coefficient (Wildman–Crippen LogP) is 3.96. The third-order valence-electron chi connectivity index (χ3n) is 5.92. The molecule has 0 radical (unpaired) electrons. The number of amides is 2. The van der Waals surface area contributed by atoms with Gasteiger partial charge in [-0.05, 0) is 59.2 Å². The largest absolute Gasteiger partial charge is 0.347 e. The summed E-state index contributed by atoms with van der Waals surface area (Å²) >= 11 is 0. The third kappa shape index (κ3) is 4.94. The first-order valence-electron chi connectivity index (χ1n) is 11.1. The second-order valence-corrected chi connectivity index (χ2v) is 8.57. The quantitative estimate of drug-likeness (QED) is 0.583. The standard InChI is InChI=1S/C26H24FN5O2/c1-15(2)20-10-17(4-7-21(20)27)13-29-25(33)23-11-24(31-14-30-23)26(34)32-22-8-5-18-9-16(12-28)3-6-19(18)22/h3-4,6-7,9-11,14-15,22H,5,8,13H2,1-2H3,(H,29,33)(H,32,34)/t22-/m0/s1. The van der Waals surface area contributed by atoms with Crippen LogP contribution in [0.1, 0.15) is 81.0 Å². The van der Waals surface area contributed by atoms with E-state index in [-0.39, 0.29) is 35.7 Å². The van der Waals surface area contributed by atoms with Crippen LogP contribution < -0.4 is 10.6 Å². The SMILES string of the molecule is CC(C)c1cc(CNC(=O)c2cc(C(=O)N[C@H]3CCc4cc(C#N)ccc43)ncn2)ccc1F. The summed E-state index contributed by atoms with van der Waals surface area (Å²) in [6.45, 7) is 4.01. The first kappa shape index (κ1) is 23.1. The van der Waals surface area contributed by atoms with Crippen molar-refractivity contribution in [3.05, 3.63) is 93.8 Å². The lowest BCUT2D eigenvalue weighted by Gasteiger charge is -2.14. The average molecular weight is 458 g/mol. The number of hydrogen-bond acceptors (Lipinski definition) is 5. The lowest BCUT2D eigenvalue weighted by Crippen LogP contribution is -2.29. The lowest BCUT2D eigenvalue weighted by molar-refractivity contribution is 0.0931. The molecule has 7 nitrogen and oxygen atoms in total. The van der Waals surface area contributed by atoms with Gasteiger partial charge in [-0.3, -0.25) is 9.59 Å². The Labute approximate surface area is 197 Å². The Bertz CT molecular complexity index is 1300.